The second kappa shape index (κ2) is 11.4. The Labute approximate surface area is 229 Å². The Bertz CT molecular complexity index is 1580. The topological polar surface area (TPSA) is 100 Å². The standard InChI is InChI=1S/C31H32N4O3S/c1-3-22-10-15-26(16-11-22)39(37,38)35-29-17-13-24-12-14-25(19-28(24)29)34-30-27(5-4-18-32-30)31(36)33-20-23-8-6-21(2)7-9-23/h4-12,14-16,18-19,29,35H,3,13,17,20H2,1-2H3,(H,32,34)(H,33,36). The second-order valence-corrected chi connectivity index (χ2v) is 11.5. The van der Waals surface area contributed by atoms with Crippen LogP contribution in [0.1, 0.15) is 57.6 Å². The predicted molar refractivity (Wildman–Crippen MR) is 154 cm³/mol. The highest BCUT2D eigenvalue weighted by atomic mass is 32.2. The molecule has 0 spiro atoms. The molecule has 0 saturated heterocycles. The zero-order valence-electron chi connectivity index (χ0n) is 22.1. The number of aromatic nitrogens is 1. The number of hydrogen-bond donors (Lipinski definition) is 3. The number of carbonyl (C=O) groups is 1. The first-order chi connectivity index (χ1) is 18.8. The molecule has 1 atom stereocenters. The Morgan fingerprint density at radius 2 is 1.72 bits per heavy atom. The van der Waals surface area contributed by atoms with E-state index >= 15 is 0 Å². The fourth-order valence-corrected chi connectivity index (χ4v) is 6.02. The SMILES string of the molecule is CCc1ccc(S(=O)(=O)NC2CCc3ccc(Nc4ncccc4C(=O)NCc4ccc(C)cc4)cc32)cc1. The summed E-state index contributed by atoms with van der Waals surface area (Å²) in [5.41, 5.74) is 6.46. The van der Waals surface area contributed by atoms with E-state index in [1.807, 2.05) is 68.4 Å². The maximum absolute atomic E-state index is 13.1. The number of pyridine rings is 1. The van der Waals surface area contributed by atoms with Gasteiger partial charge >= 0.3 is 0 Å². The number of fused-ring (bicyclic) bond motifs is 1. The molecule has 5 rings (SSSR count). The fourth-order valence-electron chi connectivity index (χ4n) is 4.77. The molecule has 1 heterocycles. The van der Waals surface area contributed by atoms with Crippen LogP contribution in [0.2, 0.25) is 0 Å². The van der Waals surface area contributed by atoms with Crippen molar-refractivity contribution >= 4 is 27.4 Å². The normalized spacial score (nSPS) is 14.6. The second-order valence-electron chi connectivity index (χ2n) is 9.82. The summed E-state index contributed by atoms with van der Waals surface area (Å²) < 4.78 is 29.1. The lowest BCUT2D eigenvalue weighted by Crippen LogP contribution is -2.27. The van der Waals surface area contributed by atoms with Gasteiger partial charge in [-0.2, -0.15) is 0 Å². The number of anilines is 2. The van der Waals surface area contributed by atoms with E-state index in [1.165, 1.54) is 5.56 Å². The molecule has 7 nitrogen and oxygen atoms in total. The third-order valence-corrected chi connectivity index (χ3v) is 8.54. The van der Waals surface area contributed by atoms with Crippen molar-refractivity contribution in [1.82, 2.24) is 15.0 Å². The van der Waals surface area contributed by atoms with Crippen LogP contribution >= 0.6 is 0 Å². The quantitative estimate of drug-likeness (QED) is 0.257. The van der Waals surface area contributed by atoms with Crippen LogP contribution in [-0.2, 0) is 29.4 Å². The summed E-state index contributed by atoms with van der Waals surface area (Å²) >= 11 is 0. The lowest BCUT2D eigenvalue weighted by Gasteiger charge is -2.17. The molecule has 1 aromatic heterocycles. The zero-order chi connectivity index (χ0) is 27.4. The van der Waals surface area contributed by atoms with Crippen LogP contribution in [0.15, 0.2) is 90.0 Å². The van der Waals surface area contributed by atoms with Crippen LogP contribution in [0.5, 0.6) is 0 Å². The summed E-state index contributed by atoms with van der Waals surface area (Å²) in [5.74, 6) is 0.206. The monoisotopic (exact) mass is 540 g/mol. The van der Waals surface area contributed by atoms with E-state index in [0.29, 0.717) is 24.3 Å². The number of aryl methyl sites for hydroxylation is 3. The number of amides is 1. The molecule has 39 heavy (non-hydrogen) atoms. The third-order valence-electron chi connectivity index (χ3n) is 7.05. The summed E-state index contributed by atoms with van der Waals surface area (Å²) in [7, 11) is -3.67. The molecular weight excluding hydrogens is 508 g/mol. The van der Waals surface area contributed by atoms with Gasteiger partial charge in [-0.15, -0.1) is 0 Å². The van der Waals surface area contributed by atoms with Crippen LogP contribution in [-0.4, -0.2) is 19.3 Å². The van der Waals surface area contributed by atoms with E-state index in [1.54, 1.807) is 30.5 Å². The molecule has 0 aliphatic heterocycles. The molecule has 0 saturated carbocycles. The molecule has 200 valence electrons. The maximum atomic E-state index is 13.1. The number of benzene rings is 3. The lowest BCUT2D eigenvalue weighted by atomic mass is 10.1. The summed E-state index contributed by atoms with van der Waals surface area (Å²) in [4.78, 5) is 17.7. The number of rotatable bonds is 9. The fraction of sp³-hybridized carbons (Fsp3) is 0.226. The Balaban J connectivity index is 1.31. The van der Waals surface area contributed by atoms with Crippen LogP contribution < -0.4 is 15.4 Å². The van der Waals surface area contributed by atoms with E-state index < -0.39 is 10.0 Å². The molecule has 3 N–H and O–H groups in total. The summed E-state index contributed by atoms with van der Waals surface area (Å²) in [6, 6.07) is 24.0. The van der Waals surface area contributed by atoms with E-state index in [-0.39, 0.29) is 16.8 Å². The van der Waals surface area contributed by atoms with Gasteiger partial charge in [0.1, 0.15) is 5.82 Å². The van der Waals surface area contributed by atoms with Crippen molar-refractivity contribution in [2.24, 2.45) is 0 Å². The number of hydrogen-bond acceptors (Lipinski definition) is 5. The summed E-state index contributed by atoms with van der Waals surface area (Å²) in [6.07, 6.45) is 3.95. The molecule has 1 aliphatic rings. The van der Waals surface area contributed by atoms with E-state index in [9.17, 15) is 13.2 Å². The van der Waals surface area contributed by atoms with Gasteiger partial charge in [0.25, 0.3) is 5.91 Å². The predicted octanol–water partition coefficient (Wildman–Crippen LogP) is 5.59. The average molecular weight is 541 g/mol. The smallest absolute Gasteiger partial charge is 0.255 e. The molecule has 1 amide bonds. The van der Waals surface area contributed by atoms with Gasteiger partial charge in [-0.25, -0.2) is 18.1 Å². The average Bonchev–Trinajstić information content (AvgIpc) is 3.34. The first kappa shape index (κ1) is 26.6. The molecule has 0 bridgehead atoms. The van der Waals surface area contributed by atoms with Gasteiger partial charge < -0.3 is 10.6 Å². The zero-order valence-corrected chi connectivity index (χ0v) is 22.9. The van der Waals surface area contributed by atoms with Crippen molar-refractivity contribution in [3.63, 3.8) is 0 Å². The van der Waals surface area contributed by atoms with Crippen LogP contribution in [0.25, 0.3) is 0 Å². The van der Waals surface area contributed by atoms with Gasteiger partial charge in [-0.1, -0.05) is 55.0 Å². The van der Waals surface area contributed by atoms with E-state index in [0.717, 1.165) is 40.8 Å². The van der Waals surface area contributed by atoms with Crippen molar-refractivity contribution < 1.29 is 13.2 Å². The molecule has 4 aromatic rings. The first-order valence-electron chi connectivity index (χ1n) is 13.1. The maximum Gasteiger partial charge on any atom is 0.255 e. The highest BCUT2D eigenvalue weighted by molar-refractivity contribution is 7.89. The van der Waals surface area contributed by atoms with Gasteiger partial charge in [0.2, 0.25) is 10.0 Å². The van der Waals surface area contributed by atoms with Crippen LogP contribution in [0.3, 0.4) is 0 Å². The minimum Gasteiger partial charge on any atom is -0.348 e. The molecule has 3 aromatic carbocycles. The molecule has 1 unspecified atom stereocenters. The lowest BCUT2D eigenvalue weighted by molar-refractivity contribution is 0.0951. The third kappa shape index (κ3) is 6.19. The Kier molecular flexibility index (Phi) is 7.77. The van der Waals surface area contributed by atoms with Crippen molar-refractivity contribution in [3.8, 4) is 0 Å². The van der Waals surface area contributed by atoms with Gasteiger partial charge in [-0.05, 0) is 84.8 Å². The number of carbonyl (C=O) groups excluding carboxylic acids is 1. The minimum atomic E-state index is -3.67. The first-order valence-corrected chi connectivity index (χ1v) is 14.6. The number of sulfonamides is 1. The van der Waals surface area contributed by atoms with Gasteiger partial charge in [0.05, 0.1) is 10.5 Å². The number of nitrogens with zero attached hydrogens (tertiary/aromatic N) is 1. The minimum absolute atomic E-state index is 0.230. The van der Waals surface area contributed by atoms with Gasteiger partial charge in [-0.3, -0.25) is 4.79 Å². The van der Waals surface area contributed by atoms with Crippen LogP contribution in [0, 0.1) is 6.92 Å². The molecule has 0 radical (unpaired) electrons. The van der Waals surface area contributed by atoms with Crippen molar-refractivity contribution in [2.75, 3.05) is 5.32 Å². The van der Waals surface area contributed by atoms with Gasteiger partial charge in [0, 0.05) is 24.5 Å². The summed E-state index contributed by atoms with van der Waals surface area (Å²) in [6.45, 7) is 4.47. The Morgan fingerprint density at radius 3 is 2.46 bits per heavy atom. The summed E-state index contributed by atoms with van der Waals surface area (Å²) in [5, 5.41) is 6.23. The van der Waals surface area contributed by atoms with Crippen molar-refractivity contribution in [3.05, 3.63) is 118 Å². The highest BCUT2D eigenvalue weighted by Gasteiger charge is 2.28. The molecule has 0 fully saturated rings. The van der Waals surface area contributed by atoms with Crippen molar-refractivity contribution in [1.29, 1.82) is 0 Å². The molecule has 1 aliphatic carbocycles. The van der Waals surface area contributed by atoms with Crippen LogP contribution in [0.4, 0.5) is 11.5 Å². The molecular formula is C31H32N4O3S. The Hall–Kier alpha value is -4.01. The Morgan fingerprint density at radius 1 is 0.974 bits per heavy atom. The van der Waals surface area contributed by atoms with E-state index in [4.69, 9.17) is 0 Å². The van der Waals surface area contributed by atoms with E-state index in [2.05, 4.69) is 20.3 Å². The molecule has 8 heteroatoms. The largest absolute Gasteiger partial charge is 0.348 e. The van der Waals surface area contributed by atoms with Crippen molar-refractivity contribution in [2.45, 2.75) is 50.6 Å². The van der Waals surface area contributed by atoms with Gasteiger partial charge in [0.15, 0.2) is 0 Å². The highest BCUT2D eigenvalue weighted by Crippen LogP contribution is 2.35. The number of nitrogens with one attached hydrogen (secondary N) is 3.